The zero-order valence-corrected chi connectivity index (χ0v) is 21.3. The number of ether oxygens (including phenoxy) is 4. The molecule has 2 aromatic rings. The van der Waals surface area contributed by atoms with E-state index >= 15 is 0 Å². The molecular formula is C27H39NO5. The number of carbonyl (C=O) groups excluding carboxylic acids is 1. The average molecular weight is 458 g/mol. The summed E-state index contributed by atoms with van der Waals surface area (Å²) in [7, 11) is 4.65. The van der Waals surface area contributed by atoms with Crippen LogP contribution in [0.4, 0.5) is 5.69 Å². The molecule has 1 N–H and O–H groups in total. The van der Waals surface area contributed by atoms with Gasteiger partial charge in [-0.05, 0) is 42.4 Å². The van der Waals surface area contributed by atoms with Gasteiger partial charge >= 0.3 is 0 Å². The first-order chi connectivity index (χ1) is 15.6. The molecule has 33 heavy (non-hydrogen) atoms. The van der Waals surface area contributed by atoms with Crippen molar-refractivity contribution in [1.82, 2.24) is 0 Å². The number of nitrogens with one attached hydrogen (secondary N) is 1. The summed E-state index contributed by atoms with van der Waals surface area (Å²) >= 11 is 0. The Morgan fingerprint density at radius 3 is 1.94 bits per heavy atom. The lowest BCUT2D eigenvalue weighted by Crippen LogP contribution is -2.31. The van der Waals surface area contributed by atoms with Crippen LogP contribution in [0.25, 0.3) is 0 Å². The molecule has 0 aliphatic carbocycles. The van der Waals surface area contributed by atoms with Gasteiger partial charge in [-0.1, -0.05) is 46.8 Å². The molecule has 0 radical (unpaired) electrons. The zero-order chi connectivity index (χ0) is 24.6. The number of methoxy groups -OCH3 is 3. The van der Waals surface area contributed by atoms with Crippen LogP contribution in [-0.4, -0.2) is 33.8 Å². The molecule has 6 nitrogen and oxygen atoms in total. The first kappa shape index (κ1) is 26.4. The van der Waals surface area contributed by atoms with Crippen molar-refractivity contribution in [3.05, 3.63) is 42.0 Å². The number of carbonyl (C=O) groups is 1. The van der Waals surface area contributed by atoms with Crippen LogP contribution in [0.5, 0.6) is 23.0 Å². The van der Waals surface area contributed by atoms with E-state index < -0.39 is 5.41 Å². The van der Waals surface area contributed by atoms with Gasteiger partial charge in [-0.25, -0.2) is 0 Å². The van der Waals surface area contributed by atoms with E-state index in [1.165, 1.54) is 5.56 Å². The second-order valence-electron chi connectivity index (χ2n) is 9.46. The van der Waals surface area contributed by atoms with Gasteiger partial charge in [0.2, 0.25) is 5.91 Å². The molecule has 0 fully saturated rings. The molecular weight excluding hydrogens is 418 g/mol. The summed E-state index contributed by atoms with van der Waals surface area (Å²) in [5.74, 6) is 2.28. The van der Waals surface area contributed by atoms with E-state index in [9.17, 15) is 4.79 Å². The molecule has 182 valence electrons. The highest BCUT2D eigenvalue weighted by Gasteiger charge is 2.29. The van der Waals surface area contributed by atoms with Crippen molar-refractivity contribution in [3.8, 4) is 23.0 Å². The molecule has 0 saturated carbocycles. The summed E-state index contributed by atoms with van der Waals surface area (Å²) in [5.41, 5.74) is 1.35. The van der Waals surface area contributed by atoms with Crippen molar-refractivity contribution in [3.63, 3.8) is 0 Å². The largest absolute Gasteiger partial charge is 0.496 e. The van der Waals surface area contributed by atoms with E-state index in [0.717, 1.165) is 18.6 Å². The van der Waals surface area contributed by atoms with Crippen molar-refractivity contribution in [1.29, 1.82) is 0 Å². The number of anilines is 1. The van der Waals surface area contributed by atoms with Crippen LogP contribution >= 0.6 is 0 Å². The fourth-order valence-electron chi connectivity index (χ4n) is 3.44. The van der Waals surface area contributed by atoms with Crippen molar-refractivity contribution in [2.75, 3.05) is 33.3 Å². The Kier molecular flexibility index (Phi) is 9.03. The van der Waals surface area contributed by atoms with Gasteiger partial charge in [0, 0.05) is 17.5 Å². The summed E-state index contributed by atoms with van der Waals surface area (Å²) in [4.78, 5) is 13.1. The maximum atomic E-state index is 13.1. The van der Waals surface area contributed by atoms with Gasteiger partial charge in [0.1, 0.15) is 28.7 Å². The molecule has 0 bridgehead atoms. The van der Waals surface area contributed by atoms with Gasteiger partial charge in [0.25, 0.3) is 0 Å². The molecule has 0 aromatic heterocycles. The highest BCUT2D eigenvalue weighted by molar-refractivity contribution is 5.97. The Labute approximate surface area is 198 Å². The SMILES string of the molecule is CCC(C)(C)c1ccc(OCCCC(C)(C)C(=O)Nc2c(OC)cc(OC)cc2OC)cc1. The van der Waals surface area contributed by atoms with Crippen molar-refractivity contribution in [2.45, 2.75) is 59.3 Å². The molecule has 2 aromatic carbocycles. The Morgan fingerprint density at radius 2 is 1.45 bits per heavy atom. The quantitative estimate of drug-likeness (QED) is 0.383. The third-order valence-corrected chi connectivity index (χ3v) is 6.30. The summed E-state index contributed by atoms with van der Waals surface area (Å²) in [6.45, 7) is 11.1. The molecule has 0 heterocycles. The summed E-state index contributed by atoms with van der Waals surface area (Å²) in [6, 6.07) is 11.7. The summed E-state index contributed by atoms with van der Waals surface area (Å²) in [6.07, 6.45) is 2.50. The maximum absolute atomic E-state index is 13.1. The van der Waals surface area contributed by atoms with Gasteiger partial charge in [-0.2, -0.15) is 0 Å². The minimum Gasteiger partial charge on any atom is -0.496 e. The number of hydrogen-bond acceptors (Lipinski definition) is 5. The number of hydrogen-bond donors (Lipinski definition) is 1. The third kappa shape index (κ3) is 6.80. The second-order valence-corrected chi connectivity index (χ2v) is 9.46. The van der Waals surface area contributed by atoms with Gasteiger partial charge in [-0.3, -0.25) is 4.79 Å². The number of rotatable bonds is 12. The van der Waals surface area contributed by atoms with E-state index in [0.29, 0.717) is 36.0 Å². The van der Waals surface area contributed by atoms with Crippen LogP contribution in [0.1, 0.15) is 59.4 Å². The predicted molar refractivity (Wildman–Crippen MR) is 133 cm³/mol. The lowest BCUT2D eigenvalue weighted by Gasteiger charge is -2.25. The first-order valence-corrected chi connectivity index (χ1v) is 11.4. The van der Waals surface area contributed by atoms with Gasteiger partial charge in [0.05, 0.1) is 27.9 Å². The van der Waals surface area contributed by atoms with E-state index in [1.54, 1.807) is 33.5 Å². The van der Waals surface area contributed by atoms with Crippen LogP contribution in [0.2, 0.25) is 0 Å². The smallest absolute Gasteiger partial charge is 0.230 e. The fourth-order valence-corrected chi connectivity index (χ4v) is 3.44. The average Bonchev–Trinajstić information content (AvgIpc) is 2.82. The molecule has 0 aliphatic heterocycles. The Bertz CT molecular complexity index is 894. The van der Waals surface area contributed by atoms with E-state index in [4.69, 9.17) is 18.9 Å². The van der Waals surface area contributed by atoms with E-state index in [-0.39, 0.29) is 11.3 Å². The molecule has 0 spiro atoms. The summed E-state index contributed by atoms with van der Waals surface area (Å²) in [5, 5.41) is 2.97. The lowest BCUT2D eigenvalue weighted by atomic mass is 9.82. The highest BCUT2D eigenvalue weighted by atomic mass is 16.5. The maximum Gasteiger partial charge on any atom is 0.230 e. The fraction of sp³-hybridized carbons (Fsp3) is 0.519. The first-order valence-electron chi connectivity index (χ1n) is 11.4. The number of amides is 1. The lowest BCUT2D eigenvalue weighted by molar-refractivity contribution is -0.124. The van der Waals surface area contributed by atoms with Gasteiger partial charge in [0.15, 0.2) is 0 Å². The van der Waals surface area contributed by atoms with Crippen LogP contribution in [0.3, 0.4) is 0 Å². The molecule has 0 aliphatic rings. The molecule has 1 amide bonds. The number of benzene rings is 2. The third-order valence-electron chi connectivity index (χ3n) is 6.30. The summed E-state index contributed by atoms with van der Waals surface area (Å²) < 4.78 is 22.1. The minimum absolute atomic E-state index is 0.115. The van der Waals surface area contributed by atoms with Crippen molar-refractivity contribution >= 4 is 11.6 Å². The Morgan fingerprint density at radius 1 is 0.879 bits per heavy atom. The minimum atomic E-state index is -0.603. The Balaban J connectivity index is 1.95. The van der Waals surface area contributed by atoms with Gasteiger partial charge in [-0.15, -0.1) is 0 Å². The molecule has 0 saturated heterocycles. The molecule has 0 atom stereocenters. The predicted octanol–water partition coefficient (Wildman–Crippen LogP) is 6.22. The molecule has 6 heteroatoms. The van der Waals surface area contributed by atoms with Crippen LogP contribution in [0.15, 0.2) is 36.4 Å². The van der Waals surface area contributed by atoms with Crippen molar-refractivity contribution < 1.29 is 23.7 Å². The van der Waals surface area contributed by atoms with Crippen molar-refractivity contribution in [2.24, 2.45) is 5.41 Å². The van der Waals surface area contributed by atoms with Crippen LogP contribution < -0.4 is 24.3 Å². The van der Waals surface area contributed by atoms with E-state index in [1.807, 2.05) is 26.0 Å². The monoisotopic (exact) mass is 457 g/mol. The Hall–Kier alpha value is -2.89. The van der Waals surface area contributed by atoms with E-state index in [2.05, 4.69) is 38.2 Å². The van der Waals surface area contributed by atoms with Crippen LogP contribution in [-0.2, 0) is 10.2 Å². The standard InChI is InChI=1S/C27H39NO5/c1-9-26(2,3)19-11-13-20(14-12-19)33-16-10-15-27(4,5)25(29)28-24-22(31-7)17-21(30-6)18-23(24)32-8/h11-14,17-18H,9-10,15-16H2,1-8H3,(H,28,29). The zero-order valence-electron chi connectivity index (χ0n) is 21.3. The molecule has 0 unspecified atom stereocenters. The van der Waals surface area contributed by atoms with Crippen LogP contribution in [0, 0.1) is 5.41 Å². The van der Waals surface area contributed by atoms with Gasteiger partial charge < -0.3 is 24.3 Å². The second kappa shape index (κ2) is 11.3. The highest BCUT2D eigenvalue weighted by Crippen LogP contribution is 2.40. The normalized spacial score (nSPS) is 11.6. The molecule has 2 rings (SSSR count). The topological polar surface area (TPSA) is 66.0 Å².